The molecular formula is C43H60N4O4S. The van der Waals surface area contributed by atoms with Crippen molar-refractivity contribution in [1.82, 2.24) is 19.7 Å². The number of nitrogens with zero attached hydrogens (tertiary/aromatic N) is 4. The van der Waals surface area contributed by atoms with Crippen LogP contribution in [-0.4, -0.2) is 70.3 Å². The number of carboxylic acids is 1. The molecule has 282 valence electrons. The van der Waals surface area contributed by atoms with Gasteiger partial charge in [0.2, 0.25) is 0 Å². The van der Waals surface area contributed by atoms with Gasteiger partial charge in [0.05, 0.1) is 23.6 Å². The molecule has 0 spiro atoms. The van der Waals surface area contributed by atoms with Crippen molar-refractivity contribution < 1.29 is 18.3 Å². The monoisotopic (exact) mass is 728 g/mol. The van der Waals surface area contributed by atoms with E-state index in [1.165, 1.54) is 55.2 Å². The first-order valence-corrected chi connectivity index (χ1v) is 22.0. The van der Waals surface area contributed by atoms with Gasteiger partial charge in [-0.15, -0.1) is 0 Å². The minimum Gasteiger partial charge on any atom is -0.478 e. The fraction of sp³-hybridized carbons (Fsp3) is 0.698. The molecule has 1 aliphatic heterocycles. The van der Waals surface area contributed by atoms with E-state index in [0.29, 0.717) is 54.2 Å². The number of carboxylic acid groups (broad SMARTS) is 1. The van der Waals surface area contributed by atoms with E-state index in [2.05, 4.69) is 52.2 Å². The summed E-state index contributed by atoms with van der Waals surface area (Å²) in [6, 6.07) is 7.55. The Morgan fingerprint density at radius 2 is 1.67 bits per heavy atom. The zero-order valence-corrected chi connectivity index (χ0v) is 32.9. The van der Waals surface area contributed by atoms with Crippen LogP contribution in [0.2, 0.25) is 0 Å². The van der Waals surface area contributed by atoms with E-state index in [9.17, 15) is 18.3 Å². The summed E-state index contributed by atoms with van der Waals surface area (Å²) < 4.78 is 25.9. The van der Waals surface area contributed by atoms with Crippen LogP contribution in [0.3, 0.4) is 0 Å². The lowest BCUT2D eigenvalue weighted by atomic mass is 9.33. The van der Waals surface area contributed by atoms with E-state index in [4.69, 9.17) is 10.1 Å². The van der Waals surface area contributed by atoms with Crippen molar-refractivity contribution >= 4 is 21.4 Å². The van der Waals surface area contributed by atoms with E-state index < -0.39 is 15.8 Å². The number of aromatic nitrogens is 3. The molecule has 8 nitrogen and oxygen atoms in total. The number of fused-ring (bicyclic) bond motifs is 7. The molecule has 9 heteroatoms. The average Bonchev–Trinajstić information content (AvgIpc) is 3.75. The van der Waals surface area contributed by atoms with Crippen molar-refractivity contribution in [3.63, 3.8) is 0 Å². The number of allylic oxidation sites excluding steroid dienone is 3. The van der Waals surface area contributed by atoms with E-state index in [1.807, 2.05) is 23.1 Å². The van der Waals surface area contributed by atoms with Crippen molar-refractivity contribution in [2.75, 3.05) is 31.1 Å². The van der Waals surface area contributed by atoms with Crippen LogP contribution < -0.4 is 0 Å². The molecule has 10 atom stereocenters. The molecule has 8 rings (SSSR count). The van der Waals surface area contributed by atoms with Crippen LogP contribution in [0.4, 0.5) is 0 Å². The van der Waals surface area contributed by atoms with E-state index in [-0.39, 0.29) is 33.2 Å². The van der Waals surface area contributed by atoms with Gasteiger partial charge < -0.3 is 5.11 Å². The predicted octanol–water partition coefficient (Wildman–Crippen LogP) is 7.92. The fourth-order valence-corrected chi connectivity index (χ4v) is 15.1. The number of rotatable bonds is 7. The van der Waals surface area contributed by atoms with Gasteiger partial charge in [-0.25, -0.2) is 18.2 Å². The highest BCUT2D eigenvalue weighted by Gasteiger charge is 2.70. The lowest BCUT2D eigenvalue weighted by Gasteiger charge is -2.71. The number of sulfone groups is 1. The largest absolute Gasteiger partial charge is 0.478 e. The highest BCUT2D eigenvalue weighted by atomic mass is 32.2. The Hall–Kier alpha value is -2.78. The molecular weight excluding hydrogens is 669 g/mol. The summed E-state index contributed by atoms with van der Waals surface area (Å²) >= 11 is 0. The van der Waals surface area contributed by atoms with Gasteiger partial charge in [-0.2, -0.15) is 5.10 Å². The Morgan fingerprint density at radius 3 is 2.37 bits per heavy atom. The lowest BCUT2D eigenvalue weighted by Crippen LogP contribution is -2.65. The summed E-state index contributed by atoms with van der Waals surface area (Å²) in [7, 11) is -2.89. The summed E-state index contributed by atoms with van der Waals surface area (Å²) in [5, 5.41) is 14.7. The molecule has 5 aliphatic carbocycles. The second-order valence-electron chi connectivity index (χ2n) is 18.8. The Labute approximate surface area is 311 Å². The van der Waals surface area contributed by atoms with Crippen LogP contribution in [0.5, 0.6) is 0 Å². The van der Waals surface area contributed by atoms with Gasteiger partial charge in [0.1, 0.15) is 6.33 Å². The summed E-state index contributed by atoms with van der Waals surface area (Å²) in [6.07, 6.45) is 15.3. The third kappa shape index (κ3) is 5.44. The number of carbonyl (C=O) groups is 1. The molecule has 52 heavy (non-hydrogen) atoms. The maximum atomic E-state index is 11.9. The van der Waals surface area contributed by atoms with Gasteiger partial charge in [0, 0.05) is 25.0 Å². The minimum absolute atomic E-state index is 0.0181. The van der Waals surface area contributed by atoms with Crippen molar-refractivity contribution in [2.45, 2.75) is 104 Å². The first-order valence-electron chi connectivity index (χ1n) is 20.1. The van der Waals surface area contributed by atoms with Crippen LogP contribution >= 0.6 is 0 Å². The minimum atomic E-state index is -2.89. The summed E-state index contributed by atoms with van der Waals surface area (Å²) in [5.41, 5.74) is 4.95. The second-order valence-corrected chi connectivity index (χ2v) is 21.1. The molecule has 5 fully saturated rings. The van der Waals surface area contributed by atoms with Crippen molar-refractivity contribution in [2.24, 2.45) is 51.8 Å². The smallest absolute Gasteiger partial charge is 0.335 e. The van der Waals surface area contributed by atoms with Crippen molar-refractivity contribution in [3.05, 3.63) is 65.8 Å². The molecule has 5 unspecified atom stereocenters. The molecule has 2 heterocycles. The average molecular weight is 729 g/mol. The van der Waals surface area contributed by atoms with Crippen LogP contribution in [0.1, 0.15) is 114 Å². The van der Waals surface area contributed by atoms with Crippen molar-refractivity contribution in [3.8, 4) is 0 Å². The van der Waals surface area contributed by atoms with Crippen molar-refractivity contribution in [1.29, 1.82) is 0 Å². The molecule has 0 bridgehead atoms. The number of hydrogen-bond acceptors (Lipinski definition) is 6. The van der Waals surface area contributed by atoms with Gasteiger partial charge in [-0.05, 0) is 140 Å². The number of aromatic carboxylic acids is 1. The maximum absolute atomic E-state index is 11.9. The Morgan fingerprint density at radius 1 is 0.942 bits per heavy atom. The molecule has 2 aromatic rings. The SMILES string of the molecule is C=C(C)[C@@H]1CC[C@]2(c3ncn(CCN4CCS(=O)(=O)CC4)n3)CC[C@]3(C)C(CCC4[C@@]5(C)CC=C(c6ccc(C(=O)O)cc6)C(C)C5CC[C@]43C)C12. The highest BCUT2D eigenvalue weighted by molar-refractivity contribution is 7.91. The van der Waals surface area contributed by atoms with Crippen LogP contribution in [0.15, 0.2) is 48.8 Å². The van der Waals surface area contributed by atoms with Gasteiger partial charge in [-0.1, -0.05) is 58.1 Å². The fourth-order valence-electron chi connectivity index (χ4n) is 13.8. The van der Waals surface area contributed by atoms with Crippen LogP contribution in [-0.2, 0) is 21.8 Å². The summed E-state index contributed by atoms with van der Waals surface area (Å²) in [5.74, 6) is 4.00. The molecule has 1 N–H and O–H groups in total. The molecule has 0 radical (unpaired) electrons. The van der Waals surface area contributed by atoms with Crippen LogP contribution in [0.25, 0.3) is 5.57 Å². The summed E-state index contributed by atoms with van der Waals surface area (Å²) in [4.78, 5) is 18.9. The standard InChI is InChI=1S/C43H60N4O4S/c1-28(2)32-14-18-43(39-44-27-47(45-39)22-21-46-23-25-52(50,51)26-24-46)20-19-41(5)35(37(32)43)11-12-36-40(4)16-13-33(29(3)34(40)15-17-42(36,41)6)30-7-9-31(10-8-30)38(48)49/h7-10,13,27,29,32,34-37H,1,11-12,14-26H2,2-6H3,(H,48,49)/t29?,32-,34?,35?,36?,37?,40-,41+,42+,43-/m0/s1. The topological polar surface area (TPSA) is 105 Å². The zero-order valence-electron chi connectivity index (χ0n) is 32.1. The van der Waals surface area contributed by atoms with E-state index in [1.54, 1.807) is 12.1 Å². The third-order valence-corrected chi connectivity index (χ3v) is 18.4. The lowest BCUT2D eigenvalue weighted by molar-refractivity contribution is -0.213. The Bertz CT molecular complexity index is 1870. The normalized spacial score (nSPS) is 41.2. The van der Waals surface area contributed by atoms with E-state index >= 15 is 0 Å². The molecule has 4 saturated carbocycles. The first-order chi connectivity index (χ1) is 24.6. The Kier molecular flexibility index (Phi) is 8.80. The van der Waals surface area contributed by atoms with Gasteiger partial charge in [-0.3, -0.25) is 9.58 Å². The summed E-state index contributed by atoms with van der Waals surface area (Å²) in [6.45, 7) is 20.0. The molecule has 1 saturated heterocycles. The number of benzene rings is 1. The molecule has 1 aromatic carbocycles. The third-order valence-electron chi connectivity index (χ3n) is 16.8. The zero-order chi connectivity index (χ0) is 36.8. The van der Waals surface area contributed by atoms with Gasteiger partial charge in [0.15, 0.2) is 15.7 Å². The quantitative estimate of drug-likeness (QED) is 0.289. The molecule has 0 amide bonds. The highest BCUT2D eigenvalue weighted by Crippen LogP contribution is 2.76. The predicted molar refractivity (Wildman–Crippen MR) is 205 cm³/mol. The van der Waals surface area contributed by atoms with Gasteiger partial charge in [0.25, 0.3) is 0 Å². The first kappa shape index (κ1) is 36.2. The Balaban J connectivity index is 1.06. The van der Waals surface area contributed by atoms with E-state index in [0.717, 1.165) is 38.2 Å². The second kappa shape index (κ2) is 12.6. The van der Waals surface area contributed by atoms with Gasteiger partial charge >= 0.3 is 5.97 Å². The number of hydrogen-bond donors (Lipinski definition) is 1. The maximum Gasteiger partial charge on any atom is 0.335 e. The molecule has 6 aliphatic rings. The van der Waals surface area contributed by atoms with Crippen LogP contribution in [0, 0.1) is 51.8 Å². The molecule has 1 aromatic heterocycles.